The summed E-state index contributed by atoms with van der Waals surface area (Å²) in [5, 5.41) is 0. The van der Waals surface area contributed by atoms with Crippen LogP contribution < -0.4 is 4.72 Å². The molecule has 0 amide bonds. The number of nitrogens with one attached hydrogen (secondary N) is 1. The minimum atomic E-state index is -2.99. The first-order valence-corrected chi connectivity index (χ1v) is 5.85. The first-order chi connectivity index (χ1) is 6.17. The molecule has 1 aliphatic rings. The van der Waals surface area contributed by atoms with Crippen molar-refractivity contribution >= 4 is 10.0 Å². The van der Waals surface area contributed by atoms with Crippen LogP contribution in [0.4, 0.5) is 0 Å². The minimum Gasteiger partial charge on any atom is -0.215 e. The van der Waals surface area contributed by atoms with Gasteiger partial charge >= 0.3 is 0 Å². The number of hydrogen-bond donors (Lipinski definition) is 1. The summed E-state index contributed by atoms with van der Waals surface area (Å²) >= 11 is 0. The molecule has 0 aromatic heterocycles. The second-order valence-corrected chi connectivity index (χ2v) is 5.09. The standard InChI is InChI=1S/C9H11NO2S/c11-13(12)7-9(6-10-13)8-4-2-1-3-5-8/h1-5,9-10H,6-7H2/t9-/m1/s1. The maximum atomic E-state index is 11.1. The minimum absolute atomic E-state index is 0.117. The Morgan fingerprint density at radius 2 is 1.92 bits per heavy atom. The number of sulfonamides is 1. The van der Waals surface area contributed by atoms with E-state index in [1.54, 1.807) is 0 Å². The predicted octanol–water partition coefficient (Wildman–Crippen LogP) is 0.703. The predicted molar refractivity (Wildman–Crippen MR) is 51.0 cm³/mol. The Hall–Kier alpha value is -0.870. The summed E-state index contributed by atoms with van der Waals surface area (Å²) in [6.07, 6.45) is 0. The van der Waals surface area contributed by atoms with E-state index >= 15 is 0 Å². The molecule has 1 fully saturated rings. The number of benzene rings is 1. The van der Waals surface area contributed by atoms with Crippen LogP contribution in [0.2, 0.25) is 0 Å². The van der Waals surface area contributed by atoms with Crippen molar-refractivity contribution in [3.8, 4) is 0 Å². The van der Waals surface area contributed by atoms with Gasteiger partial charge in [0.2, 0.25) is 10.0 Å². The molecular weight excluding hydrogens is 186 g/mol. The zero-order valence-corrected chi connectivity index (χ0v) is 7.92. The van der Waals surface area contributed by atoms with Crippen LogP contribution in [0, 0.1) is 0 Å². The molecule has 1 aliphatic heterocycles. The van der Waals surface area contributed by atoms with Crippen molar-refractivity contribution in [1.82, 2.24) is 4.72 Å². The molecule has 13 heavy (non-hydrogen) atoms. The lowest BCUT2D eigenvalue weighted by molar-refractivity contribution is 0.594. The van der Waals surface area contributed by atoms with Crippen LogP contribution >= 0.6 is 0 Å². The van der Waals surface area contributed by atoms with E-state index < -0.39 is 10.0 Å². The van der Waals surface area contributed by atoms with Crippen LogP contribution in [0.25, 0.3) is 0 Å². The molecule has 3 nitrogen and oxygen atoms in total. The molecule has 1 aromatic rings. The molecule has 70 valence electrons. The first-order valence-electron chi connectivity index (χ1n) is 4.20. The van der Waals surface area contributed by atoms with E-state index in [9.17, 15) is 8.42 Å². The van der Waals surface area contributed by atoms with Crippen LogP contribution in [0.1, 0.15) is 11.5 Å². The topological polar surface area (TPSA) is 46.2 Å². The van der Waals surface area contributed by atoms with E-state index in [0.29, 0.717) is 6.54 Å². The lowest BCUT2D eigenvalue weighted by Gasteiger charge is -2.05. The van der Waals surface area contributed by atoms with Crippen molar-refractivity contribution in [3.63, 3.8) is 0 Å². The lowest BCUT2D eigenvalue weighted by atomic mass is 10.0. The molecule has 0 bridgehead atoms. The third-order valence-corrected chi connectivity index (χ3v) is 3.69. The van der Waals surface area contributed by atoms with E-state index in [1.807, 2.05) is 30.3 Å². The molecule has 1 aromatic carbocycles. The van der Waals surface area contributed by atoms with Crippen LogP contribution in [0.15, 0.2) is 30.3 Å². The van der Waals surface area contributed by atoms with E-state index in [0.717, 1.165) is 5.56 Å². The molecular formula is C9H11NO2S. The monoisotopic (exact) mass is 197 g/mol. The summed E-state index contributed by atoms with van der Waals surface area (Å²) in [5.41, 5.74) is 1.09. The molecule has 1 N–H and O–H groups in total. The highest BCUT2D eigenvalue weighted by Crippen LogP contribution is 2.20. The van der Waals surface area contributed by atoms with Crippen molar-refractivity contribution < 1.29 is 8.42 Å². The van der Waals surface area contributed by atoms with Crippen LogP contribution in [0.5, 0.6) is 0 Å². The average molecular weight is 197 g/mol. The van der Waals surface area contributed by atoms with Crippen LogP contribution in [-0.4, -0.2) is 20.7 Å². The molecule has 0 unspecified atom stereocenters. The van der Waals surface area contributed by atoms with Gasteiger partial charge in [-0.25, -0.2) is 13.1 Å². The van der Waals surface area contributed by atoms with Crippen molar-refractivity contribution in [3.05, 3.63) is 35.9 Å². The Bertz CT molecular complexity index is 385. The zero-order valence-electron chi connectivity index (χ0n) is 7.10. The summed E-state index contributed by atoms with van der Waals surface area (Å²) in [7, 11) is -2.99. The summed E-state index contributed by atoms with van der Waals surface area (Å²) in [6, 6.07) is 9.72. The summed E-state index contributed by atoms with van der Waals surface area (Å²) in [4.78, 5) is 0. The van der Waals surface area contributed by atoms with Crippen molar-refractivity contribution in [2.45, 2.75) is 5.92 Å². The normalized spacial score (nSPS) is 26.0. The fraction of sp³-hybridized carbons (Fsp3) is 0.333. The second-order valence-electron chi connectivity index (χ2n) is 3.24. The molecule has 0 spiro atoms. The highest BCUT2D eigenvalue weighted by atomic mass is 32.2. The fourth-order valence-electron chi connectivity index (χ4n) is 1.55. The van der Waals surface area contributed by atoms with Gasteiger partial charge in [0.15, 0.2) is 0 Å². The van der Waals surface area contributed by atoms with E-state index in [2.05, 4.69) is 4.72 Å². The quantitative estimate of drug-likeness (QED) is 0.720. The maximum absolute atomic E-state index is 11.1. The van der Waals surface area contributed by atoms with Gasteiger partial charge in [-0.05, 0) is 5.56 Å². The van der Waals surface area contributed by atoms with E-state index in [-0.39, 0.29) is 11.7 Å². The molecule has 4 heteroatoms. The Morgan fingerprint density at radius 1 is 1.23 bits per heavy atom. The van der Waals surface area contributed by atoms with Crippen LogP contribution in [0.3, 0.4) is 0 Å². The summed E-state index contributed by atoms with van der Waals surface area (Å²) < 4.78 is 24.7. The van der Waals surface area contributed by atoms with Crippen molar-refractivity contribution in [2.75, 3.05) is 12.3 Å². The van der Waals surface area contributed by atoms with Crippen molar-refractivity contribution in [2.24, 2.45) is 0 Å². The van der Waals surface area contributed by atoms with Gasteiger partial charge in [0.05, 0.1) is 5.75 Å². The highest BCUT2D eigenvalue weighted by Gasteiger charge is 2.27. The Labute approximate surface area is 77.8 Å². The Balaban J connectivity index is 2.22. The first kappa shape index (κ1) is 8.72. The molecule has 1 heterocycles. The van der Waals surface area contributed by atoms with E-state index in [1.165, 1.54) is 0 Å². The average Bonchev–Trinajstić information content (AvgIpc) is 2.48. The van der Waals surface area contributed by atoms with Gasteiger partial charge in [-0.1, -0.05) is 30.3 Å². The molecule has 1 atom stereocenters. The molecule has 0 radical (unpaired) electrons. The van der Waals surface area contributed by atoms with Gasteiger partial charge in [-0.3, -0.25) is 0 Å². The SMILES string of the molecule is O=S1(=O)C[C@H](c2ccccc2)CN1. The Kier molecular flexibility index (Phi) is 2.09. The zero-order chi connectivity index (χ0) is 9.31. The molecule has 2 rings (SSSR count). The van der Waals surface area contributed by atoms with Gasteiger partial charge < -0.3 is 0 Å². The number of rotatable bonds is 1. The van der Waals surface area contributed by atoms with Crippen LogP contribution in [-0.2, 0) is 10.0 Å². The van der Waals surface area contributed by atoms with Crippen molar-refractivity contribution in [1.29, 1.82) is 0 Å². The van der Waals surface area contributed by atoms with Gasteiger partial charge in [0, 0.05) is 12.5 Å². The van der Waals surface area contributed by atoms with Gasteiger partial charge in [-0.2, -0.15) is 0 Å². The van der Waals surface area contributed by atoms with Gasteiger partial charge in [-0.15, -0.1) is 0 Å². The maximum Gasteiger partial charge on any atom is 0.212 e. The second kappa shape index (κ2) is 3.12. The largest absolute Gasteiger partial charge is 0.215 e. The van der Waals surface area contributed by atoms with Gasteiger partial charge in [0.25, 0.3) is 0 Å². The third-order valence-electron chi connectivity index (χ3n) is 2.24. The summed E-state index contributed by atoms with van der Waals surface area (Å²) in [5.74, 6) is 0.336. The molecule has 0 saturated carbocycles. The fourth-order valence-corrected chi connectivity index (χ4v) is 2.96. The lowest BCUT2D eigenvalue weighted by Crippen LogP contribution is -2.15. The van der Waals surface area contributed by atoms with E-state index in [4.69, 9.17) is 0 Å². The molecule has 1 saturated heterocycles. The summed E-state index contributed by atoms with van der Waals surface area (Å²) in [6.45, 7) is 0.534. The number of hydrogen-bond acceptors (Lipinski definition) is 2. The highest BCUT2D eigenvalue weighted by molar-refractivity contribution is 7.89. The molecule has 0 aliphatic carbocycles. The third kappa shape index (κ3) is 1.89. The van der Waals surface area contributed by atoms with Gasteiger partial charge in [0.1, 0.15) is 0 Å². The Morgan fingerprint density at radius 3 is 2.46 bits per heavy atom. The smallest absolute Gasteiger partial charge is 0.212 e.